The van der Waals surface area contributed by atoms with Crippen molar-refractivity contribution in [2.75, 3.05) is 6.61 Å². The Morgan fingerprint density at radius 3 is 1.07 bits per heavy atom. The second kappa shape index (κ2) is 47.8. The molecule has 6 heteroatoms. The van der Waals surface area contributed by atoms with Crippen molar-refractivity contribution in [2.24, 2.45) is 0 Å². The molecular weight excluding hydrogens is 731 g/mol. The fourth-order valence-electron chi connectivity index (χ4n) is 8.26. The molecule has 0 aromatic rings. The van der Waals surface area contributed by atoms with Crippen LogP contribution in [0, 0.1) is 0 Å². The van der Waals surface area contributed by atoms with E-state index in [4.69, 9.17) is 0 Å². The van der Waals surface area contributed by atoms with Crippen LogP contribution in [0.4, 0.5) is 0 Å². The molecule has 1 amide bonds. The third-order valence-corrected chi connectivity index (χ3v) is 12.4. The lowest BCUT2D eigenvalue weighted by Gasteiger charge is -2.27. The highest BCUT2D eigenvalue weighted by Gasteiger charge is 2.28. The van der Waals surface area contributed by atoms with Crippen molar-refractivity contribution in [3.05, 3.63) is 24.3 Å². The van der Waals surface area contributed by atoms with Gasteiger partial charge in [-0.05, 0) is 44.9 Å². The number of unbranched alkanes of at least 4 members (excludes halogenated alkanes) is 35. The Balaban J connectivity index is 3.68. The van der Waals surface area contributed by atoms with Crippen molar-refractivity contribution in [3.8, 4) is 0 Å². The van der Waals surface area contributed by atoms with Crippen LogP contribution < -0.4 is 5.32 Å². The minimum absolute atomic E-state index is 0.359. The zero-order chi connectivity index (χ0) is 43.1. The summed E-state index contributed by atoms with van der Waals surface area (Å²) in [5, 5.41) is 43.9. The zero-order valence-corrected chi connectivity index (χ0v) is 39.5. The molecule has 0 saturated heterocycles. The van der Waals surface area contributed by atoms with Crippen molar-refractivity contribution in [2.45, 2.75) is 301 Å². The average Bonchev–Trinajstić information content (AvgIpc) is 3.24. The highest BCUT2D eigenvalue weighted by atomic mass is 16.3. The second-order valence-corrected chi connectivity index (χ2v) is 18.2. The van der Waals surface area contributed by atoms with Gasteiger partial charge in [-0.25, -0.2) is 0 Å². The lowest BCUT2D eigenvalue weighted by atomic mass is 9.99. The zero-order valence-electron chi connectivity index (χ0n) is 39.5. The molecule has 5 N–H and O–H groups in total. The van der Waals surface area contributed by atoms with E-state index >= 15 is 0 Å². The van der Waals surface area contributed by atoms with Crippen LogP contribution in [-0.4, -0.2) is 57.3 Å². The van der Waals surface area contributed by atoms with Gasteiger partial charge in [-0.1, -0.05) is 256 Å². The molecule has 0 fully saturated rings. The summed E-state index contributed by atoms with van der Waals surface area (Å²) < 4.78 is 0. The Bertz CT molecular complexity index is 893. The summed E-state index contributed by atoms with van der Waals surface area (Å²) in [7, 11) is 0. The summed E-state index contributed by atoms with van der Waals surface area (Å²) in [6.45, 7) is 4.08. The van der Waals surface area contributed by atoms with Gasteiger partial charge in [-0.3, -0.25) is 4.79 Å². The van der Waals surface area contributed by atoms with Crippen molar-refractivity contribution in [1.29, 1.82) is 0 Å². The smallest absolute Gasteiger partial charge is 0.249 e. The Morgan fingerprint density at radius 2 is 0.729 bits per heavy atom. The molecule has 0 rings (SSSR count). The van der Waals surface area contributed by atoms with E-state index in [-0.39, 0.29) is 0 Å². The van der Waals surface area contributed by atoms with Crippen LogP contribution in [0.25, 0.3) is 0 Å². The number of aliphatic hydroxyl groups excluding tert-OH is 4. The minimum Gasteiger partial charge on any atom is -0.394 e. The summed E-state index contributed by atoms with van der Waals surface area (Å²) in [5.74, 6) is -0.588. The molecule has 4 unspecified atom stereocenters. The largest absolute Gasteiger partial charge is 0.394 e. The van der Waals surface area contributed by atoms with E-state index in [9.17, 15) is 25.2 Å². The highest BCUT2D eigenvalue weighted by molar-refractivity contribution is 5.80. The van der Waals surface area contributed by atoms with Gasteiger partial charge >= 0.3 is 0 Å². The van der Waals surface area contributed by atoms with Gasteiger partial charge in [0.1, 0.15) is 12.2 Å². The number of rotatable bonds is 48. The molecule has 0 aliphatic carbocycles. The first-order valence-corrected chi connectivity index (χ1v) is 26.2. The van der Waals surface area contributed by atoms with Crippen LogP contribution >= 0.6 is 0 Å². The molecule has 59 heavy (non-hydrogen) atoms. The van der Waals surface area contributed by atoms with Crippen molar-refractivity contribution < 1.29 is 25.2 Å². The molecule has 0 aliphatic heterocycles. The normalized spacial score (nSPS) is 14.1. The van der Waals surface area contributed by atoms with Crippen molar-refractivity contribution in [3.63, 3.8) is 0 Å². The maximum Gasteiger partial charge on any atom is 0.249 e. The molecular formula is C53H103NO5. The molecule has 0 aromatic heterocycles. The van der Waals surface area contributed by atoms with E-state index < -0.39 is 36.9 Å². The van der Waals surface area contributed by atoms with Crippen LogP contribution in [-0.2, 0) is 4.79 Å². The summed E-state index contributed by atoms with van der Waals surface area (Å²) >= 11 is 0. The molecule has 0 aliphatic rings. The number of carbonyl (C=O) groups excluding carboxylic acids is 1. The van der Waals surface area contributed by atoms with Gasteiger partial charge in [-0.2, -0.15) is 0 Å². The van der Waals surface area contributed by atoms with Gasteiger partial charge in [-0.15, -0.1) is 0 Å². The number of carbonyl (C=O) groups is 1. The predicted molar refractivity (Wildman–Crippen MR) is 256 cm³/mol. The van der Waals surface area contributed by atoms with E-state index in [0.29, 0.717) is 12.8 Å². The molecule has 0 spiro atoms. The lowest BCUT2D eigenvalue weighted by Crippen LogP contribution is -2.53. The van der Waals surface area contributed by atoms with Crippen molar-refractivity contribution in [1.82, 2.24) is 5.32 Å². The standard InChI is InChI=1S/C53H103NO5/c1-3-5-7-9-11-13-15-17-19-21-23-25-27-29-31-33-35-37-39-41-43-45-47-51(57)53(59)54-49(48-55)52(58)50(56)46-44-42-40-38-36-34-32-30-28-26-24-22-20-18-16-14-12-10-8-6-4-2/h23,25,29,31,49-52,55-58H,3-22,24,26-28,30,32-48H2,1-2H3,(H,54,59)/b25-23-,31-29-. The SMILES string of the molecule is CCCCCCCCCCC/C=C\C/C=C\CCCCCCCCC(O)C(=O)NC(CO)C(O)C(O)CCCCCCCCCCCCCCCCCCCCCCC. The van der Waals surface area contributed by atoms with Gasteiger partial charge in [0.25, 0.3) is 0 Å². The van der Waals surface area contributed by atoms with E-state index in [2.05, 4.69) is 43.5 Å². The summed E-state index contributed by atoms with van der Waals surface area (Å²) in [5.41, 5.74) is 0. The molecule has 0 heterocycles. The predicted octanol–water partition coefficient (Wildman–Crippen LogP) is 14.7. The van der Waals surface area contributed by atoms with Gasteiger partial charge in [0.2, 0.25) is 5.91 Å². The molecule has 0 bridgehead atoms. The van der Waals surface area contributed by atoms with Crippen LogP contribution in [0.5, 0.6) is 0 Å². The number of amides is 1. The van der Waals surface area contributed by atoms with Crippen molar-refractivity contribution >= 4 is 5.91 Å². The first kappa shape index (κ1) is 57.8. The topological polar surface area (TPSA) is 110 Å². The quantitative estimate of drug-likeness (QED) is 0.0310. The lowest BCUT2D eigenvalue weighted by molar-refractivity contribution is -0.132. The van der Waals surface area contributed by atoms with E-state index in [1.165, 1.54) is 193 Å². The van der Waals surface area contributed by atoms with E-state index in [0.717, 1.165) is 57.8 Å². The monoisotopic (exact) mass is 834 g/mol. The molecule has 350 valence electrons. The third-order valence-electron chi connectivity index (χ3n) is 12.4. The van der Waals surface area contributed by atoms with Crippen LogP contribution in [0.2, 0.25) is 0 Å². The fraction of sp³-hybridized carbons (Fsp3) is 0.906. The maximum absolute atomic E-state index is 12.6. The van der Waals surface area contributed by atoms with Gasteiger partial charge < -0.3 is 25.7 Å². The van der Waals surface area contributed by atoms with E-state index in [1.807, 2.05) is 0 Å². The molecule has 4 atom stereocenters. The highest BCUT2D eigenvalue weighted by Crippen LogP contribution is 2.17. The molecule has 0 aromatic carbocycles. The Kier molecular flexibility index (Phi) is 46.9. The Labute approximate surface area is 367 Å². The van der Waals surface area contributed by atoms with Crippen LogP contribution in [0.3, 0.4) is 0 Å². The van der Waals surface area contributed by atoms with Gasteiger partial charge in [0, 0.05) is 0 Å². The first-order valence-electron chi connectivity index (χ1n) is 26.2. The fourth-order valence-corrected chi connectivity index (χ4v) is 8.26. The number of nitrogens with one attached hydrogen (secondary N) is 1. The summed E-state index contributed by atoms with van der Waals surface area (Å²) in [6.07, 6.45) is 56.5. The number of hydrogen-bond acceptors (Lipinski definition) is 5. The Hall–Kier alpha value is -1.21. The number of allylic oxidation sites excluding steroid dienone is 4. The first-order chi connectivity index (χ1) is 29.0. The van der Waals surface area contributed by atoms with Gasteiger partial charge in [0.05, 0.1) is 18.8 Å². The third kappa shape index (κ3) is 41.9. The molecule has 6 nitrogen and oxygen atoms in total. The number of aliphatic hydroxyl groups is 4. The summed E-state index contributed by atoms with van der Waals surface area (Å²) in [6, 6.07) is -0.989. The summed E-state index contributed by atoms with van der Waals surface area (Å²) in [4.78, 5) is 12.6. The Morgan fingerprint density at radius 1 is 0.424 bits per heavy atom. The van der Waals surface area contributed by atoms with Crippen LogP contribution in [0.15, 0.2) is 24.3 Å². The molecule has 0 saturated carbocycles. The van der Waals surface area contributed by atoms with Gasteiger partial charge in [0.15, 0.2) is 0 Å². The van der Waals surface area contributed by atoms with E-state index in [1.54, 1.807) is 0 Å². The minimum atomic E-state index is -1.26. The molecule has 0 radical (unpaired) electrons. The average molecular weight is 834 g/mol. The second-order valence-electron chi connectivity index (χ2n) is 18.2. The van der Waals surface area contributed by atoms with Crippen LogP contribution in [0.1, 0.15) is 277 Å². The number of hydrogen-bond donors (Lipinski definition) is 5. The maximum atomic E-state index is 12.6.